The predicted octanol–water partition coefficient (Wildman–Crippen LogP) is 4.70. The fourth-order valence-electron chi connectivity index (χ4n) is 2.70. The van der Waals surface area contributed by atoms with Gasteiger partial charge in [0.15, 0.2) is 0 Å². The van der Waals surface area contributed by atoms with Gasteiger partial charge >= 0.3 is 0 Å². The topological polar surface area (TPSA) is 66.5 Å². The van der Waals surface area contributed by atoms with Crippen LogP contribution in [0.3, 0.4) is 0 Å². The third-order valence-electron chi connectivity index (χ3n) is 4.19. The standard InChI is InChI=1S/C21H18ClFN2O3S/c1-29(27,28)25(14-16-4-2-3-5-20(16)23)19-12-6-15(7-13-19)21(26)24-18-10-8-17(22)9-11-18/h2-13H,14H2,1H3,(H,24,26). The first-order valence-electron chi connectivity index (χ1n) is 8.62. The number of amides is 1. The highest BCUT2D eigenvalue weighted by Crippen LogP contribution is 2.23. The molecule has 0 atom stereocenters. The van der Waals surface area contributed by atoms with Gasteiger partial charge in [0.2, 0.25) is 10.0 Å². The summed E-state index contributed by atoms with van der Waals surface area (Å²) in [6.45, 7) is -0.151. The highest BCUT2D eigenvalue weighted by molar-refractivity contribution is 7.92. The van der Waals surface area contributed by atoms with Gasteiger partial charge in [-0.2, -0.15) is 0 Å². The largest absolute Gasteiger partial charge is 0.322 e. The van der Waals surface area contributed by atoms with Crippen LogP contribution in [-0.2, 0) is 16.6 Å². The summed E-state index contributed by atoms with van der Waals surface area (Å²) in [5.41, 5.74) is 1.52. The van der Waals surface area contributed by atoms with Gasteiger partial charge in [-0.1, -0.05) is 29.8 Å². The first kappa shape index (κ1) is 20.8. The van der Waals surface area contributed by atoms with Crippen molar-refractivity contribution in [3.8, 4) is 0 Å². The summed E-state index contributed by atoms with van der Waals surface area (Å²) < 4.78 is 39.6. The average Bonchev–Trinajstić information content (AvgIpc) is 2.68. The second-order valence-corrected chi connectivity index (χ2v) is 8.71. The minimum Gasteiger partial charge on any atom is -0.322 e. The van der Waals surface area contributed by atoms with Crippen LogP contribution in [0, 0.1) is 5.82 Å². The van der Waals surface area contributed by atoms with Crippen LogP contribution in [0.5, 0.6) is 0 Å². The number of benzene rings is 3. The summed E-state index contributed by atoms with van der Waals surface area (Å²) in [5, 5.41) is 3.29. The molecule has 3 aromatic rings. The van der Waals surface area contributed by atoms with E-state index in [4.69, 9.17) is 11.6 Å². The number of carbonyl (C=O) groups excluding carboxylic acids is 1. The fraction of sp³-hybridized carbons (Fsp3) is 0.0952. The lowest BCUT2D eigenvalue weighted by molar-refractivity contribution is 0.102. The van der Waals surface area contributed by atoms with Gasteiger partial charge in [0.25, 0.3) is 5.91 Å². The predicted molar refractivity (Wildman–Crippen MR) is 113 cm³/mol. The molecule has 1 N–H and O–H groups in total. The van der Waals surface area contributed by atoms with Gasteiger partial charge < -0.3 is 5.32 Å². The van der Waals surface area contributed by atoms with E-state index in [0.717, 1.165) is 10.6 Å². The number of nitrogens with one attached hydrogen (secondary N) is 1. The first-order chi connectivity index (χ1) is 13.7. The molecule has 150 valence electrons. The molecule has 0 aromatic heterocycles. The first-order valence-corrected chi connectivity index (χ1v) is 10.8. The number of nitrogens with zero attached hydrogens (tertiary/aromatic N) is 1. The molecule has 3 rings (SSSR count). The molecule has 0 unspecified atom stereocenters. The molecule has 0 saturated heterocycles. The molecule has 5 nitrogen and oxygen atoms in total. The number of sulfonamides is 1. The van der Waals surface area contributed by atoms with Crippen molar-refractivity contribution in [2.24, 2.45) is 0 Å². The van der Waals surface area contributed by atoms with E-state index in [2.05, 4.69) is 5.32 Å². The van der Waals surface area contributed by atoms with Crippen molar-refractivity contribution in [2.75, 3.05) is 15.9 Å². The Kier molecular flexibility index (Phi) is 6.20. The van der Waals surface area contributed by atoms with Crippen molar-refractivity contribution in [3.05, 3.63) is 94.8 Å². The van der Waals surface area contributed by atoms with Gasteiger partial charge in [0, 0.05) is 21.8 Å². The van der Waals surface area contributed by atoms with Crippen molar-refractivity contribution in [1.82, 2.24) is 0 Å². The van der Waals surface area contributed by atoms with E-state index in [1.807, 2.05) is 0 Å². The molecule has 8 heteroatoms. The number of hydrogen-bond donors (Lipinski definition) is 1. The van der Waals surface area contributed by atoms with E-state index in [0.29, 0.717) is 22.0 Å². The third-order valence-corrected chi connectivity index (χ3v) is 5.58. The van der Waals surface area contributed by atoms with Gasteiger partial charge in [-0.15, -0.1) is 0 Å². The normalized spacial score (nSPS) is 11.1. The van der Waals surface area contributed by atoms with Crippen molar-refractivity contribution >= 4 is 38.9 Å². The third kappa shape index (κ3) is 5.34. The van der Waals surface area contributed by atoms with Crippen LogP contribution in [0.25, 0.3) is 0 Å². The Labute approximate surface area is 173 Å². The van der Waals surface area contributed by atoms with Crippen molar-refractivity contribution in [1.29, 1.82) is 0 Å². The summed E-state index contributed by atoms with van der Waals surface area (Å²) >= 11 is 5.83. The zero-order chi connectivity index (χ0) is 21.0. The van der Waals surface area contributed by atoms with Crippen LogP contribution in [0.4, 0.5) is 15.8 Å². The summed E-state index contributed by atoms with van der Waals surface area (Å²) in [7, 11) is -3.67. The second-order valence-electron chi connectivity index (χ2n) is 6.37. The molecular weight excluding hydrogens is 415 g/mol. The average molecular weight is 433 g/mol. The summed E-state index contributed by atoms with van der Waals surface area (Å²) in [6.07, 6.45) is 1.05. The molecular formula is C21H18ClFN2O3S. The van der Waals surface area contributed by atoms with Crippen LogP contribution >= 0.6 is 11.6 Å². The lowest BCUT2D eigenvalue weighted by atomic mass is 10.1. The molecule has 0 spiro atoms. The number of rotatable bonds is 6. The molecule has 0 radical (unpaired) electrons. The molecule has 1 amide bonds. The van der Waals surface area contributed by atoms with Crippen LogP contribution in [0.2, 0.25) is 5.02 Å². The maximum atomic E-state index is 14.0. The van der Waals surface area contributed by atoms with E-state index in [1.54, 1.807) is 30.3 Å². The minimum absolute atomic E-state index is 0.151. The fourth-order valence-corrected chi connectivity index (χ4v) is 3.70. The zero-order valence-corrected chi connectivity index (χ0v) is 17.0. The maximum Gasteiger partial charge on any atom is 0.255 e. The SMILES string of the molecule is CS(=O)(=O)N(Cc1ccccc1F)c1ccc(C(=O)Nc2ccc(Cl)cc2)cc1. The Morgan fingerprint density at radius 2 is 1.62 bits per heavy atom. The van der Waals surface area contributed by atoms with Gasteiger partial charge in [-0.3, -0.25) is 9.10 Å². The Bertz CT molecular complexity index is 1120. The van der Waals surface area contributed by atoms with Crippen molar-refractivity contribution < 1.29 is 17.6 Å². The van der Waals surface area contributed by atoms with Gasteiger partial charge in [-0.25, -0.2) is 12.8 Å². The van der Waals surface area contributed by atoms with E-state index in [-0.39, 0.29) is 18.0 Å². The number of hydrogen-bond acceptors (Lipinski definition) is 3. The molecule has 0 bridgehead atoms. The Morgan fingerprint density at radius 3 is 2.21 bits per heavy atom. The molecule has 3 aromatic carbocycles. The lowest BCUT2D eigenvalue weighted by Crippen LogP contribution is -2.29. The van der Waals surface area contributed by atoms with Gasteiger partial charge in [0.1, 0.15) is 5.82 Å². The quantitative estimate of drug-likeness (QED) is 0.614. The molecule has 0 saturated carbocycles. The zero-order valence-electron chi connectivity index (χ0n) is 15.5. The maximum absolute atomic E-state index is 14.0. The Balaban J connectivity index is 1.81. The van der Waals surface area contributed by atoms with Gasteiger partial charge in [-0.05, 0) is 54.6 Å². The van der Waals surface area contributed by atoms with Crippen LogP contribution < -0.4 is 9.62 Å². The molecule has 29 heavy (non-hydrogen) atoms. The molecule has 0 aliphatic rings. The van der Waals surface area contributed by atoms with E-state index in [1.165, 1.54) is 42.5 Å². The Morgan fingerprint density at radius 1 is 1.00 bits per heavy atom. The van der Waals surface area contributed by atoms with Gasteiger partial charge in [0.05, 0.1) is 18.5 Å². The van der Waals surface area contributed by atoms with E-state index < -0.39 is 15.8 Å². The minimum atomic E-state index is -3.67. The smallest absolute Gasteiger partial charge is 0.255 e. The number of anilines is 2. The number of halogens is 2. The molecule has 0 aliphatic heterocycles. The van der Waals surface area contributed by atoms with Crippen LogP contribution in [0.15, 0.2) is 72.8 Å². The van der Waals surface area contributed by atoms with Crippen LogP contribution in [0.1, 0.15) is 15.9 Å². The van der Waals surface area contributed by atoms with Crippen LogP contribution in [-0.4, -0.2) is 20.6 Å². The Hall–Kier alpha value is -2.90. The van der Waals surface area contributed by atoms with Crippen molar-refractivity contribution in [2.45, 2.75) is 6.54 Å². The lowest BCUT2D eigenvalue weighted by Gasteiger charge is -2.23. The monoisotopic (exact) mass is 432 g/mol. The highest BCUT2D eigenvalue weighted by atomic mass is 35.5. The van der Waals surface area contributed by atoms with Crippen molar-refractivity contribution in [3.63, 3.8) is 0 Å². The molecule has 0 fully saturated rings. The summed E-state index contributed by atoms with van der Waals surface area (Å²) in [5.74, 6) is -0.834. The highest BCUT2D eigenvalue weighted by Gasteiger charge is 2.20. The number of carbonyl (C=O) groups is 1. The summed E-state index contributed by atoms with van der Waals surface area (Å²) in [4.78, 5) is 12.4. The second kappa shape index (κ2) is 8.63. The van der Waals surface area contributed by atoms with E-state index in [9.17, 15) is 17.6 Å². The summed E-state index contributed by atoms with van der Waals surface area (Å²) in [6, 6.07) is 18.7. The molecule has 0 aliphatic carbocycles. The van der Waals surface area contributed by atoms with E-state index >= 15 is 0 Å². The molecule has 0 heterocycles.